The molecule has 0 unspecified atom stereocenters. The molecule has 0 heterocycles. The van der Waals surface area contributed by atoms with E-state index in [2.05, 4.69) is 6.92 Å². The first-order chi connectivity index (χ1) is 7.15. The van der Waals surface area contributed by atoms with Crippen LogP contribution in [0.3, 0.4) is 0 Å². The van der Waals surface area contributed by atoms with Crippen molar-refractivity contribution in [3.05, 3.63) is 0 Å². The highest BCUT2D eigenvalue weighted by Crippen LogP contribution is 2.07. The Hall–Kier alpha value is -0.370. The van der Waals surface area contributed by atoms with Crippen molar-refractivity contribution >= 4 is 6.29 Å². The molecular weight excluding hydrogens is 186 g/mol. The molecule has 0 aliphatic rings. The lowest BCUT2D eigenvalue weighted by atomic mass is 10.1. The van der Waals surface area contributed by atoms with Gasteiger partial charge in [0.25, 0.3) is 0 Å². The predicted molar refractivity (Wildman–Crippen MR) is 68.3 cm³/mol. The molecule has 92 valence electrons. The van der Waals surface area contributed by atoms with Crippen molar-refractivity contribution in [2.45, 2.75) is 58.3 Å². The van der Waals surface area contributed by atoms with E-state index in [1.54, 1.807) is 0 Å². The van der Waals surface area contributed by atoms with Crippen molar-refractivity contribution in [2.75, 3.05) is 21.1 Å². The monoisotopic (exact) mass is 215 g/mol. The quantitative estimate of drug-likeness (QED) is 0.456. The van der Waals surface area contributed by atoms with Crippen LogP contribution >= 0.6 is 0 Å². The fourth-order valence-corrected chi connectivity index (χ4v) is 1.18. The van der Waals surface area contributed by atoms with Gasteiger partial charge in [-0.2, -0.15) is 0 Å². The summed E-state index contributed by atoms with van der Waals surface area (Å²) in [6.07, 6.45) is 10.8. The maximum atomic E-state index is 9.94. The molecule has 0 aromatic carbocycles. The first-order valence-electron chi connectivity index (χ1n) is 6.19. The van der Waals surface area contributed by atoms with Gasteiger partial charge in [-0.1, -0.05) is 45.4 Å². The number of hydrogen-bond acceptors (Lipinski definition) is 2. The molecule has 0 aliphatic heterocycles. The summed E-state index contributed by atoms with van der Waals surface area (Å²) in [7, 11) is 6.00. The van der Waals surface area contributed by atoms with Crippen LogP contribution < -0.4 is 0 Å². The number of hydrogen-bond donors (Lipinski definition) is 0. The Morgan fingerprint density at radius 2 is 1.27 bits per heavy atom. The largest absolute Gasteiger partial charge is 0.312 e. The van der Waals surface area contributed by atoms with Crippen LogP contribution in [0.5, 0.6) is 0 Å². The molecule has 0 aromatic rings. The van der Waals surface area contributed by atoms with Gasteiger partial charge in [-0.3, -0.25) is 0 Å². The lowest BCUT2D eigenvalue weighted by molar-refractivity contribution is -0.107. The van der Waals surface area contributed by atoms with Gasteiger partial charge in [-0.25, -0.2) is 0 Å². The Morgan fingerprint density at radius 1 is 0.867 bits per heavy atom. The standard InChI is InChI=1S/C10H20O.C3H9N/c1-2-3-4-5-6-7-8-9-10-11;1-4(2)3/h10H,2-9H2,1H3;1-3H3. The Labute approximate surface area is 96.0 Å². The van der Waals surface area contributed by atoms with Crippen molar-refractivity contribution in [1.29, 1.82) is 0 Å². The van der Waals surface area contributed by atoms with Gasteiger partial charge in [-0.15, -0.1) is 0 Å². The zero-order valence-corrected chi connectivity index (χ0v) is 11.1. The van der Waals surface area contributed by atoms with Crippen molar-refractivity contribution < 1.29 is 4.79 Å². The Bertz CT molecular complexity index is 110. The highest BCUT2D eigenvalue weighted by Gasteiger charge is 1.89. The van der Waals surface area contributed by atoms with Crippen LogP contribution in [0.1, 0.15) is 58.3 Å². The van der Waals surface area contributed by atoms with Gasteiger partial charge in [0.2, 0.25) is 0 Å². The number of aldehydes is 1. The van der Waals surface area contributed by atoms with Gasteiger partial charge >= 0.3 is 0 Å². The summed E-state index contributed by atoms with van der Waals surface area (Å²) in [5.74, 6) is 0. The Balaban J connectivity index is 0. The van der Waals surface area contributed by atoms with E-state index in [-0.39, 0.29) is 0 Å². The third-order valence-electron chi connectivity index (χ3n) is 1.93. The van der Waals surface area contributed by atoms with Crippen LogP contribution in [0.4, 0.5) is 0 Å². The molecule has 0 spiro atoms. The predicted octanol–water partition coefficient (Wildman–Crippen LogP) is 3.50. The summed E-state index contributed by atoms with van der Waals surface area (Å²) in [6.45, 7) is 2.23. The molecule has 0 atom stereocenters. The number of unbranched alkanes of at least 4 members (excludes halogenated alkanes) is 7. The van der Waals surface area contributed by atoms with Gasteiger partial charge in [0.05, 0.1) is 0 Å². The normalized spacial score (nSPS) is 9.67. The lowest BCUT2D eigenvalue weighted by Gasteiger charge is -1.97. The number of rotatable bonds is 8. The molecule has 0 aliphatic carbocycles. The minimum absolute atomic E-state index is 0.758. The fraction of sp³-hybridized carbons (Fsp3) is 0.923. The summed E-state index contributed by atoms with van der Waals surface area (Å²) in [4.78, 5) is 11.9. The van der Waals surface area contributed by atoms with E-state index in [9.17, 15) is 4.79 Å². The second-order valence-corrected chi connectivity index (χ2v) is 4.42. The molecule has 0 saturated heterocycles. The molecule has 0 amide bonds. The zero-order chi connectivity index (χ0) is 11.9. The third-order valence-corrected chi connectivity index (χ3v) is 1.93. The third kappa shape index (κ3) is 31.7. The average molecular weight is 215 g/mol. The minimum Gasteiger partial charge on any atom is -0.312 e. The summed E-state index contributed by atoms with van der Waals surface area (Å²) in [6, 6.07) is 0. The van der Waals surface area contributed by atoms with E-state index in [1.165, 1.54) is 38.5 Å². The van der Waals surface area contributed by atoms with Crippen molar-refractivity contribution in [1.82, 2.24) is 4.90 Å². The van der Waals surface area contributed by atoms with Gasteiger partial charge in [0.1, 0.15) is 6.29 Å². The summed E-state index contributed by atoms with van der Waals surface area (Å²) >= 11 is 0. The highest BCUT2D eigenvalue weighted by atomic mass is 16.1. The molecule has 2 heteroatoms. The maximum Gasteiger partial charge on any atom is 0.119 e. The summed E-state index contributed by atoms with van der Waals surface area (Å²) < 4.78 is 0. The van der Waals surface area contributed by atoms with E-state index in [0.29, 0.717) is 0 Å². The first kappa shape index (κ1) is 17.0. The average Bonchev–Trinajstić information content (AvgIpc) is 2.16. The zero-order valence-electron chi connectivity index (χ0n) is 11.1. The lowest BCUT2D eigenvalue weighted by Crippen LogP contribution is -1.99. The van der Waals surface area contributed by atoms with Crippen molar-refractivity contribution in [2.24, 2.45) is 0 Å². The molecule has 0 radical (unpaired) electrons. The van der Waals surface area contributed by atoms with Crippen LogP contribution in [-0.2, 0) is 4.79 Å². The fourth-order valence-electron chi connectivity index (χ4n) is 1.18. The maximum absolute atomic E-state index is 9.94. The highest BCUT2D eigenvalue weighted by molar-refractivity contribution is 5.48. The molecule has 0 N–H and O–H groups in total. The molecular formula is C13H29NO. The second-order valence-electron chi connectivity index (χ2n) is 4.42. The van der Waals surface area contributed by atoms with Crippen LogP contribution in [0.15, 0.2) is 0 Å². The molecule has 2 nitrogen and oxygen atoms in total. The van der Waals surface area contributed by atoms with Crippen LogP contribution in [0, 0.1) is 0 Å². The van der Waals surface area contributed by atoms with Crippen LogP contribution in [0.2, 0.25) is 0 Å². The van der Waals surface area contributed by atoms with E-state index in [4.69, 9.17) is 0 Å². The van der Waals surface area contributed by atoms with Crippen molar-refractivity contribution in [3.63, 3.8) is 0 Å². The van der Waals surface area contributed by atoms with Gasteiger partial charge in [0.15, 0.2) is 0 Å². The van der Waals surface area contributed by atoms with E-state index < -0.39 is 0 Å². The van der Waals surface area contributed by atoms with Gasteiger partial charge < -0.3 is 9.69 Å². The van der Waals surface area contributed by atoms with Gasteiger partial charge in [-0.05, 0) is 27.6 Å². The smallest absolute Gasteiger partial charge is 0.119 e. The molecule has 0 rings (SSSR count). The molecule has 15 heavy (non-hydrogen) atoms. The summed E-state index contributed by atoms with van der Waals surface area (Å²) in [5.41, 5.74) is 0. The molecule has 0 bridgehead atoms. The van der Waals surface area contributed by atoms with Gasteiger partial charge in [0, 0.05) is 6.42 Å². The number of carbonyl (C=O) groups is 1. The first-order valence-corrected chi connectivity index (χ1v) is 6.19. The number of nitrogens with zero attached hydrogens (tertiary/aromatic N) is 1. The van der Waals surface area contributed by atoms with E-state index in [0.717, 1.165) is 19.1 Å². The van der Waals surface area contributed by atoms with Crippen LogP contribution in [0.25, 0.3) is 0 Å². The van der Waals surface area contributed by atoms with Crippen molar-refractivity contribution in [3.8, 4) is 0 Å². The minimum atomic E-state index is 0.758. The molecule has 0 aromatic heterocycles. The SMILES string of the molecule is CCCCCCCCCC=O.CN(C)C. The Kier molecular flexibility index (Phi) is 18.3. The van der Waals surface area contributed by atoms with Crippen LogP contribution in [-0.4, -0.2) is 32.3 Å². The van der Waals surface area contributed by atoms with E-state index >= 15 is 0 Å². The van der Waals surface area contributed by atoms with E-state index in [1.807, 2.05) is 26.0 Å². The topological polar surface area (TPSA) is 20.3 Å². The summed E-state index contributed by atoms with van der Waals surface area (Å²) in [5, 5.41) is 0. The molecule has 0 saturated carbocycles. The molecule has 0 fully saturated rings. The Morgan fingerprint density at radius 3 is 1.67 bits per heavy atom. The second kappa shape index (κ2) is 16.1. The number of carbonyl (C=O) groups excluding carboxylic acids is 1.